The summed E-state index contributed by atoms with van der Waals surface area (Å²) in [6, 6.07) is 0.621. The van der Waals surface area contributed by atoms with Crippen LogP contribution in [0.4, 0.5) is 0 Å². The molecule has 1 N–H and O–H groups in total. The number of amides is 1. The molecule has 3 heteroatoms. The average Bonchev–Trinajstić information content (AvgIpc) is 2.52. The number of carbonyl (C=O) groups is 1. The largest absolute Gasteiger partial charge is 0.342 e. The van der Waals surface area contributed by atoms with E-state index in [1.54, 1.807) is 0 Å². The second kappa shape index (κ2) is 8.02. The van der Waals surface area contributed by atoms with Gasteiger partial charge in [0.25, 0.3) is 0 Å². The molecule has 1 aliphatic heterocycles. The van der Waals surface area contributed by atoms with E-state index >= 15 is 0 Å². The standard InChI is InChI=1S/C17H32N2O/c1-3-11-18-16-10-12-19(13-14(16)4-2)17(20)15-8-6-5-7-9-15/h14-16,18H,3-13H2,1-2H3. The van der Waals surface area contributed by atoms with Crippen molar-refractivity contribution in [3.05, 3.63) is 0 Å². The van der Waals surface area contributed by atoms with Crippen molar-refractivity contribution < 1.29 is 4.79 Å². The van der Waals surface area contributed by atoms with Crippen LogP contribution in [-0.4, -0.2) is 36.5 Å². The molecule has 3 nitrogen and oxygen atoms in total. The van der Waals surface area contributed by atoms with Crippen molar-refractivity contribution >= 4 is 5.91 Å². The smallest absolute Gasteiger partial charge is 0.225 e. The lowest BCUT2D eigenvalue weighted by Crippen LogP contribution is -2.52. The first-order valence-electron chi connectivity index (χ1n) is 8.78. The van der Waals surface area contributed by atoms with Gasteiger partial charge in [-0.05, 0) is 38.1 Å². The summed E-state index contributed by atoms with van der Waals surface area (Å²) < 4.78 is 0. The zero-order chi connectivity index (χ0) is 14.4. The quantitative estimate of drug-likeness (QED) is 0.839. The van der Waals surface area contributed by atoms with Crippen molar-refractivity contribution in [2.75, 3.05) is 19.6 Å². The van der Waals surface area contributed by atoms with Crippen LogP contribution < -0.4 is 5.32 Å². The summed E-state index contributed by atoms with van der Waals surface area (Å²) in [6.45, 7) is 7.54. The minimum absolute atomic E-state index is 0.335. The monoisotopic (exact) mass is 280 g/mol. The third-order valence-corrected chi connectivity index (χ3v) is 5.18. The molecule has 1 heterocycles. The minimum Gasteiger partial charge on any atom is -0.342 e. The second-order valence-electron chi connectivity index (χ2n) is 6.64. The first-order valence-corrected chi connectivity index (χ1v) is 8.78. The topological polar surface area (TPSA) is 32.3 Å². The molecule has 1 saturated heterocycles. The Balaban J connectivity index is 1.86. The fourth-order valence-corrected chi connectivity index (χ4v) is 3.85. The molecule has 2 atom stereocenters. The predicted octanol–water partition coefficient (Wildman–Crippen LogP) is 3.19. The number of hydrogen-bond acceptors (Lipinski definition) is 2. The molecule has 1 aliphatic carbocycles. The van der Waals surface area contributed by atoms with Gasteiger partial charge in [0.2, 0.25) is 5.91 Å². The first-order chi connectivity index (χ1) is 9.76. The molecule has 0 spiro atoms. The number of nitrogens with zero attached hydrogens (tertiary/aromatic N) is 1. The average molecular weight is 280 g/mol. The van der Waals surface area contributed by atoms with Crippen LogP contribution in [0.15, 0.2) is 0 Å². The number of carbonyl (C=O) groups excluding carboxylic acids is 1. The Hall–Kier alpha value is -0.570. The number of piperidine rings is 1. The summed E-state index contributed by atoms with van der Waals surface area (Å²) >= 11 is 0. The van der Waals surface area contributed by atoms with Gasteiger partial charge >= 0.3 is 0 Å². The molecular formula is C17H32N2O. The van der Waals surface area contributed by atoms with Gasteiger partial charge in [0, 0.05) is 25.0 Å². The Morgan fingerprint density at radius 3 is 2.55 bits per heavy atom. The summed E-state index contributed by atoms with van der Waals surface area (Å²) in [7, 11) is 0. The van der Waals surface area contributed by atoms with Crippen LogP contribution in [0.2, 0.25) is 0 Å². The molecule has 116 valence electrons. The van der Waals surface area contributed by atoms with E-state index < -0.39 is 0 Å². The van der Waals surface area contributed by atoms with Gasteiger partial charge in [0.05, 0.1) is 0 Å². The number of hydrogen-bond donors (Lipinski definition) is 1. The Kier molecular flexibility index (Phi) is 6.34. The highest BCUT2D eigenvalue weighted by molar-refractivity contribution is 5.79. The Morgan fingerprint density at radius 1 is 1.15 bits per heavy atom. The molecule has 0 radical (unpaired) electrons. The van der Waals surface area contributed by atoms with Crippen molar-refractivity contribution in [1.82, 2.24) is 10.2 Å². The van der Waals surface area contributed by atoms with E-state index in [9.17, 15) is 4.79 Å². The summed E-state index contributed by atoms with van der Waals surface area (Å²) in [5, 5.41) is 3.67. The normalized spacial score (nSPS) is 28.6. The second-order valence-corrected chi connectivity index (χ2v) is 6.64. The van der Waals surface area contributed by atoms with E-state index in [1.165, 1.54) is 32.1 Å². The van der Waals surface area contributed by atoms with Gasteiger partial charge in [-0.3, -0.25) is 4.79 Å². The van der Waals surface area contributed by atoms with Crippen LogP contribution in [0.25, 0.3) is 0 Å². The molecule has 2 unspecified atom stereocenters. The Bertz CT molecular complexity index is 299. The Labute approximate surface area is 124 Å². The van der Waals surface area contributed by atoms with Crippen molar-refractivity contribution in [2.45, 2.75) is 71.3 Å². The van der Waals surface area contributed by atoms with Crippen LogP contribution in [0.1, 0.15) is 65.2 Å². The van der Waals surface area contributed by atoms with Gasteiger partial charge in [-0.25, -0.2) is 0 Å². The van der Waals surface area contributed by atoms with Crippen LogP contribution in [0.5, 0.6) is 0 Å². The lowest BCUT2D eigenvalue weighted by molar-refractivity contribution is -0.138. The zero-order valence-corrected chi connectivity index (χ0v) is 13.4. The summed E-state index contributed by atoms with van der Waals surface area (Å²) in [4.78, 5) is 14.8. The number of rotatable bonds is 5. The third-order valence-electron chi connectivity index (χ3n) is 5.18. The van der Waals surface area contributed by atoms with Crippen LogP contribution in [-0.2, 0) is 4.79 Å². The SMILES string of the molecule is CCCNC1CCN(C(=O)C2CCCCC2)CC1CC. The lowest BCUT2D eigenvalue weighted by Gasteiger charge is -2.40. The summed E-state index contributed by atoms with van der Waals surface area (Å²) in [5.74, 6) is 1.43. The maximum Gasteiger partial charge on any atom is 0.225 e. The fraction of sp³-hybridized carbons (Fsp3) is 0.941. The molecule has 0 aromatic carbocycles. The van der Waals surface area contributed by atoms with Gasteiger partial charge in [-0.1, -0.05) is 39.5 Å². The minimum atomic E-state index is 0.335. The van der Waals surface area contributed by atoms with E-state index in [1.807, 2.05) is 0 Å². The van der Waals surface area contributed by atoms with Crippen LogP contribution in [0.3, 0.4) is 0 Å². The molecule has 2 fully saturated rings. The van der Waals surface area contributed by atoms with Crippen molar-refractivity contribution in [3.8, 4) is 0 Å². The molecule has 0 aromatic rings. The Morgan fingerprint density at radius 2 is 1.90 bits per heavy atom. The van der Waals surface area contributed by atoms with Gasteiger partial charge in [-0.15, -0.1) is 0 Å². The van der Waals surface area contributed by atoms with E-state index in [4.69, 9.17) is 0 Å². The van der Waals surface area contributed by atoms with E-state index in [2.05, 4.69) is 24.1 Å². The van der Waals surface area contributed by atoms with E-state index in [0.29, 0.717) is 23.8 Å². The van der Waals surface area contributed by atoms with E-state index in [0.717, 1.165) is 38.9 Å². The molecule has 2 aliphatic rings. The molecule has 1 amide bonds. The van der Waals surface area contributed by atoms with Crippen LogP contribution in [0, 0.1) is 11.8 Å². The third kappa shape index (κ3) is 3.97. The zero-order valence-electron chi connectivity index (χ0n) is 13.4. The molecule has 2 rings (SSSR count). The molecule has 20 heavy (non-hydrogen) atoms. The molecule has 0 aromatic heterocycles. The van der Waals surface area contributed by atoms with Gasteiger partial charge < -0.3 is 10.2 Å². The summed E-state index contributed by atoms with van der Waals surface area (Å²) in [5.41, 5.74) is 0. The fourth-order valence-electron chi connectivity index (χ4n) is 3.85. The highest BCUT2D eigenvalue weighted by atomic mass is 16.2. The predicted molar refractivity (Wildman–Crippen MR) is 83.6 cm³/mol. The number of nitrogens with one attached hydrogen (secondary N) is 1. The molecule has 1 saturated carbocycles. The number of likely N-dealkylation sites (tertiary alicyclic amines) is 1. The van der Waals surface area contributed by atoms with Crippen molar-refractivity contribution in [3.63, 3.8) is 0 Å². The maximum atomic E-state index is 12.6. The lowest BCUT2D eigenvalue weighted by atomic mass is 9.85. The van der Waals surface area contributed by atoms with Gasteiger partial charge in [0.1, 0.15) is 0 Å². The highest BCUT2D eigenvalue weighted by Crippen LogP contribution is 2.28. The molecular weight excluding hydrogens is 248 g/mol. The maximum absolute atomic E-state index is 12.6. The highest BCUT2D eigenvalue weighted by Gasteiger charge is 2.33. The summed E-state index contributed by atoms with van der Waals surface area (Å²) in [6.07, 6.45) is 9.59. The van der Waals surface area contributed by atoms with Crippen molar-refractivity contribution in [2.24, 2.45) is 11.8 Å². The van der Waals surface area contributed by atoms with Gasteiger partial charge in [0.15, 0.2) is 0 Å². The van der Waals surface area contributed by atoms with Crippen molar-refractivity contribution in [1.29, 1.82) is 0 Å². The van der Waals surface area contributed by atoms with Gasteiger partial charge in [-0.2, -0.15) is 0 Å². The molecule has 0 bridgehead atoms. The van der Waals surface area contributed by atoms with Crippen LogP contribution >= 0.6 is 0 Å². The first kappa shape index (κ1) is 15.8. The van der Waals surface area contributed by atoms with E-state index in [-0.39, 0.29) is 0 Å².